The summed E-state index contributed by atoms with van der Waals surface area (Å²) in [6.07, 6.45) is 0. The van der Waals surface area contributed by atoms with Gasteiger partial charge in [0.15, 0.2) is 0 Å². The predicted octanol–water partition coefficient (Wildman–Crippen LogP) is 2.35. The maximum atomic E-state index is 5.42. The van der Waals surface area contributed by atoms with Crippen molar-refractivity contribution in [1.82, 2.24) is 0 Å². The van der Waals surface area contributed by atoms with Crippen LogP contribution < -0.4 is 5.14 Å². The molecular weight excluding hydrogens is 142 g/mol. The Morgan fingerprint density at radius 2 is 1.90 bits per heavy atom. The van der Waals surface area contributed by atoms with E-state index in [9.17, 15) is 0 Å². The van der Waals surface area contributed by atoms with E-state index in [0.29, 0.717) is 5.25 Å². The lowest BCUT2D eigenvalue weighted by Crippen LogP contribution is -1.90. The molecule has 1 atom stereocenters. The van der Waals surface area contributed by atoms with E-state index in [1.165, 1.54) is 17.5 Å². The van der Waals surface area contributed by atoms with Gasteiger partial charge in [-0.3, -0.25) is 5.14 Å². The van der Waals surface area contributed by atoms with E-state index in [1.807, 2.05) is 18.2 Å². The van der Waals surface area contributed by atoms with Gasteiger partial charge in [-0.15, -0.1) is 0 Å². The monoisotopic (exact) mass is 153 g/mol. The number of hydrogen-bond acceptors (Lipinski definition) is 2. The molecule has 0 aliphatic heterocycles. The zero-order valence-electron chi connectivity index (χ0n) is 5.95. The van der Waals surface area contributed by atoms with Crippen molar-refractivity contribution in [3.63, 3.8) is 0 Å². The van der Waals surface area contributed by atoms with E-state index in [0.717, 1.165) is 0 Å². The third kappa shape index (κ3) is 1.75. The average molecular weight is 153 g/mol. The van der Waals surface area contributed by atoms with Crippen molar-refractivity contribution in [2.45, 2.75) is 12.2 Å². The van der Waals surface area contributed by atoms with E-state index in [1.54, 1.807) is 0 Å². The molecule has 0 aromatic heterocycles. The fourth-order valence-corrected chi connectivity index (χ4v) is 1.12. The largest absolute Gasteiger partial charge is 0.277 e. The quantitative estimate of drug-likeness (QED) is 0.660. The molecule has 0 radical (unpaired) electrons. The van der Waals surface area contributed by atoms with Crippen LogP contribution in [0, 0.1) is 0 Å². The molecule has 0 amide bonds. The minimum Gasteiger partial charge on any atom is -0.277 e. The molecule has 1 aromatic rings. The lowest BCUT2D eigenvalue weighted by atomic mass is 10.2. The van der Waals surface area contributed by atoms with Crippen LogP contribution in [0.4, 0.5) is 0 Å². The van der Waals surface area contributed by atoms with Crippen molar-refractivity contribution >= 4 is 11.9 Å². The summed E-state index contributed by atoms with van der Waals surface area (Å²) in [5.74, 6) is 0. The van der Waals surface area contributed by atoms with Crippen LogP contribution in [0.2, 0.25) is 0 Å². The van der Waals surface area contributed by atoms with Crippen LogP contribution in [-0.4, -0.2) is 0 Å². The molecule has 10 heavy (non-hydrogen) atoms. The molecule has 1 unspecified atom stereocenters. The van der Waals surface area contributed by atoms with Crippen LogP contribution in [0.1, 0.15) is 17.7 Å². The Kier molecular flexibility index (Phi) is 2.78. The standard InChI is InChI=1S/C8H11NS/c1-7(10-9)8-5-3-2-4-6-8/h2-7H,9H2,1H3. The normalized spacial score (nSPS) is 13.0. The Morgan fingerprint density at radius 3 is 2.40 bits per heavy atom. The first-order valence-electron chi connectivity index (χ1n) is 3.25. The smallest absolute Gasteiger partial charge is 0.0412 e. The van der Waals surface area contributed by atoms with Crippen LogP contribution in [0.15, 0.2) is 30.3 Å². The van der Waals surface area contributed by atoms with Crippen molar-refractivity contribution in [1.29, 1.82) is 0 Å². The molecule has 0 heterocycles. The average Bonchev–Trinajstić information content (AvgIpc) is 2.05. The number of rotatable bonds is 2. The fraction of sp³-hybridized carbons (Fsp3) is 0.250. The summed E-state index contributed by atoms with van der Waals surface area (Å²) >= 11 is 1.38. The van der Waals surface area contributed by atoms with Gasteiger partial charge < -0.3 is 0 Å². The highest BCUT2D eigenvalue weighted by Gasteiger charge is 2.00. The molecule has 0 spiro atoms. The Morgan fingerprint density at radius 1 is 1.30 bits per heavy atom. The van der Waals surface area contributed by atoms with Crippen molar-refractivity contribution in [2.75, 3.05) is 0 Å². The zero-order chi connectivity index (χ0) is 7.40. The highest BCUT2D eigenvalue weighted by atomic mass is 32.2. The molecule has 0 aliphatic carbocycles. The summed E-state index contributed by atoms with van der Waals surface area (Å²) in [6, 6.07) is 10.2. The minimum absolute atomic E-state index is 0.404. The number of benzene rings is 1. The minimum atomic E-state index is 0.404. The predicted molar refractivity (Wildman–Crippen MR) is 46.6 cm³/mol. The highest BCUT2D eigenvalue weighted by Crippen LogP contribution is 2.22. The molecule has 54 valence electrons. The molecular formula is C8H11NS. The molecule has 0 fully saturated rings. The van der Waals surface area contributed by atoms with Gasteiger partial charge in [-0.2, -0.15) is 0 Å². The molecule has 0 saturated carbocycles. The van der Waals surface area contributed by atoms with Gasteiger partial charge in [0.1, 0.15) is 0 Å². The molecule has 0 saturated heterocycles. The molecule has 0 bridgehead atoms. The molecule has 1 aromatic carbocycles. The van der Waals surface area contributed by atoms with E-state index in [-0.39, 0.29) is 0 Å². The molecule has 1 nitrogen and oxygen atoms in total. The second-order valence-electron chi connectivity index (χ2n) is 2.19. The van der Waals surface area contributed by atoms with Crippen molar-refractivity contribution in [3.8, 4) is 0 Å². The Hall–Kier alpha value is -0.470. The lowest BCUT2D eigenvalue weighted by Gasteiger charge is -2.05. The zero-order valence-corrected chi connectivity index (χ0v) is 6.77. The third-order valence-corrected chi connectivity index (χ3v) is 2.15. The van der Waals surface area contributed by atoms with Crippen LogP contribution in [0.5, 0.6) is 0 Å². The van der Waals surface area contributed by atoms with Gasteiger partial charge in [0, 0.05) is 5.25 Å². The van der Waals surface area contributed by atoms with Gasteiger partial charge in [-0.1, -0.05) is 42.3 Å². The van der Waals surface area contributed by atoms with E-state index in [4.69, 9.17) is 5.14 Å². The first kappa shape index (κ1) is 7.63. The van der Waals surface area contributed by atoms with Gasteiger partial charge in [0.2, 0.25) is 0 Å². The lowest BCUT2D eigenvalue weighted by molar-refractivity contribution is 1.10. The second-order valence-corrected chi connectivity index (χ2v) is 3.17. The third-order valence-electron chi connectivity index (χ3n) is 1.47. The summed E-state index contributed by atoms with van der Waals surface area (Å²) in [5, 5.41) is 5.82. The molecule has 1 rings (SSSR count). The number of nitrogens with two attached hydrogens (primary N) is 1. The first-order valence-corrected chi connectivity index (χ1v) is 4.19. The van der Waals surface area contributed by atoms with E-state index < -0.39 is 0 Å². The summed E-state index contributed by atoms with van der Waals surface area (Å²) < 4.78 is 0. The summed E-state index contributed by atoms with van der Waals surface area (Å²) in [7, 11) is 0. The summed E-state index contributed by atoms with van der Waals surface area (Å²) in [4.78, 5) is 0. The Bertz CT molecular complexity index is 186. The second kappa shape index (κ2) is 3.64. The van der Waals surface area contributed by atoms with Gasteiger partial charge in [0.25, 0.3) is 0 Å². The van der Waals surface area contributed by atoms with Gasteiger partial charge in [-0.05, 0) is 12.5 Å². The van der Waals surface area contributed by atoms with E-state index >= 15 is 0 Å². The number of hydrogen-bond donors (Lipinski definition) is 1. The van der Waals surface area contributed by atoms with Crippen LogP contribution in [-0.2, 0) is 0 Å². The Labute approximate surface area is 65.8 Å². The maximum Gasteiger partial charge on any atom is 0.0412 e. The van der Waals surface area contributed by atoms with Gasteiger partial charge >= 0.3 is 0 Å². The van der Waals surface area contributed by atoms with Crippen molar-refractivity contribution < 1.29 is 0 Å². The maximum absolute atomic E-state index is 5.42. The molecule has 2 heteroatoms. The van der Waals surface area contributed by atoms with Crippen LogP contribution in [0.25, 0.3) is 0 Å². The van der Waals surface area contributed by atoms with Gasteiger partial charge in [0.05, 0.1) is 0 Å². The van der Waals surface area contributed by atoms with Crippen molar-refractivity contribution in [3.05, 3.63) is 35.9 Å². The fourth-order valence-electron chi connectivity index (χ4n) is 0.803. The summed E-state index contributed by atoms with van der Waals surface area (Å²) in [6.45, 7) is 2.10. The molecule has 2 N–H and O–H groups in total. The van der Waals surface area contributed by atoms with E-state index in [2.05, 4.69) is 19.1 Å². The topological polar surface area (TPSA) is 26.0 Å². The van der Waals surface area contributed by atoms with Gasteiger partial charge in [-0.25, -0.2) is 0 Å². The summed E-state index contributed by atoms with van der Waals surface area (Å²) in [5.41, 5.74) is 1.29. The highest BCUT2D eigenvalue weighted by molar-refractivity contribution is 7.97. The first-order chi connectivity index (χ1) is 4.84. The van der Waals surface area contributed by atoms with Crippen LogP contribution in [0.3, 0.4) is 0 Å². The molecule has 0 aliphatic rings. The van der Waals surface area contributed by atoms with Crippen LogP contribution >= 0.6 is 11.9 Å². The Balaban J connectivity index is 2.75. The van der Waals surface area contributed by atoms with Crippen molar-refractivity contribution in [2.24, 2.45) is 5.14 Å². The SMILES string of the molecule is CC(SN)c1ccccc1.